The molecule has 6 aromatic rings. The first-order chi connectivity index (χ1) is 32.5. The van der Waals surface area contributed by atoms with E-state index in [1.54, 1.807) is 0 Å². The van der Waals surface area contributed by atoms with E-state index in [1.165, 1.54) is 0 Å². The molecule has 6 atom stereocenters. The lowest BCUT2D eigenvalue weighted by Gasteiger charge is -2.48. The van der Waals surface area contributed by atoms with E-state index in [4.69, 9.17) is 51.5 Å². The van der Waals surface area contributed by atoms with E-state index in [0.717, 1.165) is 33.4 Å². The van der Waals surface area contributed by atoms with Crippen LogP contribution in [0.3, 0.4) is 0 Å². The maximum atomic E-state index is 15.2. The molecule has 0 radical (unpaired) electrons. The predicted octanol–water partition coefficient (Wildman–Crippen LogP) is 9.53. The highest BCUT2D eigenvalue weighted by atomic mass is 31.2. The molecule has 0 amide bonds. The third-order valence-corrected chi connectivity index (χ3v) is 11.9. The third kappa shape index (κ3) is 15.9. The van der Waals surface area contributed by atoms with E-state index in [1.807, 2.05) is 182 Å². The summed E-state index contributed by atoms with van der Waals surface area (Å²) in [7, 11) is -4.58. The lowest BCUT2D eigenvalue weighted by Crippen LogP contribution is -2.67. The maximum Gasteiger partial charge on any atom is 0.475 e. The summed E-state index contributed by atoms with van der Waals surface area (Å²) >= 11 is 0. The summed E-state index contributed by atoms with van der Waals surface area (Å²) in [5.41, 5.74) is 5.11. The van der Waals surface area contributed by atoms with Crippen molar-refractivity contribution < 1.29 is 61.1 Å². The molecule has 1 aliphatic carbocycles. The lowest BCUT2D eigenvalue weighted by molar-refractivity contribution is -0.303. The largest absolute Gasteiger partial charge is 0.475 e. The van der Waals surface area contributed by atoms with Gasteiger partial charge in [-0.3, -0.25) is 13.6 Å². The van der Waals surface area contributed by atoms with Gasteiger partial charge in [-0.1, -0.05) is 182 Å². The van der Waals surface area contributed by atoms with Crippen LogP contribution < -0.4 is 0 Å². The highest BCUT2D eigenvalue weighted by Crippen LogP contribution is 2.54. The average molecular weight is 921 g/mol. The van der Waals surface area contributed by atoms with Gasteiger partial charge < -0.3 is 43.0 Å². The van der Waals surface area contributed by atoms with Crippen LogP contribution >= 0.6 is 7.82 Å². The molecule has 1 saturated carbocycles. The zero-order valence-electron chi connectivity index (χ0n) is 36.6. The summed E-state index contributed by atoms with van der Waals surface area (Å²) in [4.78, 5) is 0. The van der Waals surface area contributed by atoms with Crippen LogP contribution in [0.25, 0.3) is 0 Å². The summed E-state index contributed by atoms with van der Waals surface area (Å²) in [6.45, 7) is -0.463. The highest BCUT2D eigenvalue weighted by Gasteiger charge is 2.56. The number of phosphoric acid groups is 1. The van der Waals surface area contributed by atoms with Crippen LogP contribution in [-0.4, -0.2) is 68.9 Å². The van der Waals surface area contributed by atoms with Crippen LogP contribution in [0, 0.1) is 0 Å². The number of aliphatic hydroxyl groups excluding tert-OH is 1. The Hall–Kier alpha value is -4.93. The molecule has 0 bridgehead atoms. The SMILES string of the molecule is O=P(OCc1ccccc1)(OCc1ccccc1)O[C@H]1[C@H](OCOCc2ccccc2)[C@@H](OCOCc2ccccc2)[C@@H](OCOCc2ccccc2)[C@@H](O)[C@@H]1OCOCc1ccccc1. The van der Waals surface area contributed by atoms with Crippen LogP contribution in [0.1, 0.15) is 33.4 Å². The fourth-order valence-electron chi connectivity index (χ4n) is 7.17. The summed E-state index contributed by atoms with van der Waals surface area (Å²) in [5, 5.41) is 12.5. The molecule has 0 spiro atoms. The van der Waals surface area contributed by atoms with Gasteiger partial charge in [0.1, 0.15) is 63.8 Å². The summed E-state index contributed by atoms with van der Waals surface area (Å²) in [6.07, 6.45) is -7.84. The molecule has 7 rings (SSSR count). The Morgan fingerprint density at radius 1 is 0.333 bits per heavy atom. The minimum Gasteiger partial charge on any atom is -0.387 e. The fraction of sp³-hybridized carbons (Fsp3) is 0.308. The first kappa shape index (κ1) is 49.0. The van der Waals surface area contributed by atoms with Crippen LogP contribution in [-0.2, 0) is 95.7 Å². The first-order valence-electron chi connectivity index (χ1n) is 21.8. The second kappa shape index (κ2) is 27.0. The average Bonchev–Trinajstić information content (AvgIpc) is 3.37. The minimum absolute atomic E-state index is 0.128. The Morgan fingerprint density at radius 3 is 0.879 bits per heavy atom. The molecule has 13 nitrogen and oxygen atoms in total. The monoisotopic (exact) mass is 920 g/mol. The van der Waals surface area contributed by atoms with Gasteiger partial charge in [0.15, 0.2) is 0 Å². The van der Waals surface area contributed by atoms with Crippen molar-refractivity contribution in [3.05, 3.63) is 215 Å². The van der Waals surface area contributed by atoms with Crippen molar-refractivity contribution in [2.45, 2.75) is 76.3 Å². The molecular weight excluding hydrogens is 864 g/mol. The van der Waals surface area contributed by atoms with Crippen LogP contribution in [0.4, 0.5) is 0 Å². The molecule has 0 aromatic heterocycles. The zero-order valence-corrected chi connectivity index (χ0v) is 37.5. The predicted molar refractivity (Wildman–Crippen MR) is 245 cm³/mol. The summed E-state index contributed by atoms with van der Waals surface area (Å²) < 4.78 is 83.7. The third-order valence-electron chi connectivity index (χ3n) is 10.5. The quantitative estimate of drug-likeness (QED) is 0.0284. The van der Waals surface area contributed by atoms with Gasteiger partial charge in [-0.25, -0.2) is 4.57 Å². The number of hydrogen-bond donors (Lipinski definition) is 1. The number of rotatable bonds is 28. The standard InChI is InChI=1S/C52H57O13P/c53-47-48(59-37-55-31-41-19-7-1-8-20-41)50(61-39-57-33-43-23-11-3-12-24-43)51(62-40-58-34-44-25-13-4-14-26-44)52(49(47)60-38-56-32-42-21-9-2-10-22-42)65-66(54,63-35-45-27-15-5-16-28-45)64-36-46-29-17-6-18-30-46/h1-30,47-53H,31-40H2/t47-,48+,49+,50+,51-,52-/m1/s1. The van der Waals surface area contributed by atoms with Gasteiger partial charge in [0.2, 0.25) is 0 Å². The maximum absolute atomic E-state index is 15.2. The molecule has 6 aromatic carbocycles. The van der Waals surface area contributed by atoms with Crippen molar-refractivity contribution in [2.75, 3.05) is 27.2 Å². The normalized spacial score (nSPS) is 19.7. The summed E-state index contributed by atoms with van der Waals surface area (Å²) in [6, 6.07) is 56.9. The van der Waals surface area contributed by atoms with Gasteiger partial charge in [-0.15, -0.1) is 0 Å². The van der Waals surface area contributed by atoms with Crippen LogP contribution in [0.5, 0.6) is 0 Å². The Labute approximate surface area is 386 Å². The summed E-state index contributed by atoms with van der Waals surface area (Å²) in [5.74, 6) is 0. The first-order valence-corrected chi connectivity index (χ1v) is 23.3. The molecular formula is C52H57O13P. The Balaban J connectivity index is 1.20. The number of phosphoric ester groups is 1. The number of benzene rings is 6. The molecule has 1 N–H and O–H groups in total. The van der Waals surface area contributed by atoms with Gasteiger partial charge in [-0.2, -0.15) is 0 Å². The molecule has 348 valence electrons. The molecule has 14 heteroatoms. The Bertz CT molecular complexity index is 2200. The van der Waals surface area contributed by atoms with E-state index < -0.39 is 44.4 Å². The van der Waals surface area contributed by atoms with Gasteiger partial charge in [0.05, 0.1) is 39.6 Å². The zero-order chi connectivity index (χ0) is 45.5. The smallest absolute Gasteiger partial charge is 0.387 e. The minimum atomic E-state index is -4.58. The molecule has 1 fully saturated rings. The molecule has 1 aliphatic rings. The molecule has 0 unspecified atom stereocenters. The van der Waals surface area contributed by atoms with Gasteiger partial charge in [0.25, 0.3) is 0 Å². The van der Waals surface area contributed by atoms with E-state index in [0.29, 0.717) is 0 Å². The number of hydrogen-bond acceptors (Lipinski definition) is 13. The number of ether oxygens (including phenoxy) is 8. The van der Waals surface area contributed by atoms with E-state index in [-0.39, 0.29) is 66.8 Å². The second-order valence-electron chi connectivity index (χ2n) is 15.4. The Morgan fingerprint density at radius 2 is 0.576 bits per heavy atom. The van der Waals surface area contributed by atoms with Crippen molar-refractivity contribution in [2.24, 2.45) is 0 Å². The molecule has 0 saturated heterocycles. The van der Waals surface area contributed by atoms with Crippen molar-refractivity contribution in [1.29, 1.82) is 0 Å². The molecule has 0 aliphatic heterocycles. The van der Waals surface area contributed by atoms with E-state index in [2.05, 4.69) is 0 Å². The van der Waals surface area contributed by atoms with E-state index in [9.17, 15) is 5.11 Å². The fourth-order valence-corrected chi connectivity index (χ4v) is 8.52. The number of aliphatic hydroxyl groups is 1. The van der Waals surface area contributed by atoms with Crippen LogP contribution in [0.15, 0.2) is 182 Å². The Kier molecular flexibility index (Phi) is 20.1. The van der Waals surface area contributed by atoms with Crippen molar-refractivity contribution >= 4 is 7.82 Å². The highest BCUT2D eigenvalue weighted by molar-refractivity contribution is 7.48. The van der Waals surface area contributed by atoms with Gasteiger partial charge >= 0.3 is 7.82 Å². The van der Waals surface area contributed by atoms with E-state index >= 15 is 4.57 Å². The van der Waals surface area contributed by atoms with Crippen LogP contribution in [0.2, 0.25) is 0 Å². The topological polar surface area (TPSA) is 139 Å². The van der Waals surface area contributed by atoms with Gasteiger partial charge in [0, 0.05) is 0 Å². The second-order valence-corrected chi connectivity index (χ2v) is 17.0. The van der Waals surface area contributed by atoms with Crippen molar-refractivity contribution in [3.8, 4) is 0 Å². The molecule has 0 heterocycles. The van der Waals surface area contributed by atoms with Gasteiger partial charge in [-0.05, 0) is 33.4 Å². The molecule has 66 heavy (non-hydrogen) atoms. The van der Waals surface area contributed by atoms with Crippen molar-refractivity contribution in [1.82, 2.24) is 0 Å². The van der Waals surface area contributed by atoms with Crippen molar-refractivity contribution in [3.63, 3.8) is 0 Å². The lowest BCUT2D eigenvalue weighted by atomic mass is 9.84.